The van der Waals surface area contributed by atoms with Gasteiger partial charge in [0.25, 0.3) is 0 Å². The summed E-state index contributed by atoms with van der Waals surface area (Å²) in [5.74, 6) is -0.00799. The largest absolute Gasteiger partial charge is 0.457 e. The average molecular weight is 291 g/mol. The van der Waals surface area contributed by atoms with Crippen LogP contribution in [0.15, 0.2) is 45.7 Å². The summed E-state index contributed by atoms with van der Waals surface area (Å²) in [6.45, 7) is 0. The van der Waals surface area contributed by atoms with Gasteiger partial charge in [-0.1, -0.05) is 12.1 Å². The molecule has 0 atom stereocenters. The molecule has 102 valence electrons. The molecule has 0 fully saturated rings. The van der Waals surface area contributed by atoms with Gasteiger partial charge in [0.1, 0.15) is 28.3 Å². The first-order valence-electron chi connectivity index (χ1n) is 5.58. The summed E-state index contributed by atoms with van der Waals surface area (Å²) in [4.78, 5) is -0.410. The van der Waals surface area contributed by atoms with Crippen molar-refractivity contribution in [3.05, 3.63) is 52.9 Å². The fraction of sp³-hybridized carbons (Fsp3) is 0.0714. The highest BCUT2D eigenvalue weighted by atomic mass is 32.2. The monoisotopic (exact) mass is 291 g/mol. The van der Waals surface area contributed by atoms with Crippen molar-refractivity contribution in [3.8, 4) is 17.4 Å². The Morgan fingerprint density at radius 2 is 2.00 bits per heavy atom. The molecule has 0 aliphatic heterocycles. The maximum Gasteiger partial charge on any atom is 0.185 e. The summed E-state index contributed by atoms with van der Waals surface area (Å²) in [6, 6.07) is 10.6. The molecule has 6 heteroatoms. The normalized spacial score (nSPS) is 12.2. The maximum atomic E-state index is 13.6. The van der Waals surface area contributed by atoms with Gasteiger partial charge >= 0.3 is 0 Å². The number of halogens is 1. The molecule has 0 radical (unpaired) electrons. The number of hydrogen-bond acceptors (Lipinski definition) is 4. The van der Waals surface area contributed by atoms with Crippen molar-refractivity contribution in [2.75, 3.05) is 6.26 Å². The van der Waals surface area contributed by atoms with Gasteiger partial charge in [-0.25, -0.2) is 12.8 Å². The first kappa shape index (κ1) is 14.0. The van der Waals surface area contributed by atoms with Crippen LogP contribution in [-0.2, 0) is 9.84 Å². The van der Waals surface area contributed by atoms with Crippen LogP contribution < -0.4 is 0 Å². The van der Waals surface area contributed by atoms with Gasteiger partial charge < -0.3 is 4.42 Å². The van der Waals surface area contributed by atoms with E-state index in [1.165, 1.54) is 18.2 Å². The summed E-state index contributed by atoms with van der Waals surface area (Å²) < 4.78 is 41.5. The lowest BCUT2D eigenvalue weighted by Crippen LogP contribution is -1.97. The molecule has 2 rings (SSSR count). The Morgan fingerprint density at radius 1 is 1.30 bits per heavy atom. The second kappa shape index (κ2) is 5.31. The molecule has 0 amide bonds. The van der Waals surface area contributed by atoms with Crippen molar-refractivity contribution in [2.24, 2.45) is 0 Å². The van der Waals surface area contributed by atoms with Gasteiger partial charge in [0, 0.05) is 12.3 Å². The molecule has 0 aliphatic rings. The molecule has 2 aromatic rings. The highest BCUT2D eigenvalue weighted by Gasteiger charge is 2.13. The fourth-order valence-electron chi connectivity index (χ4n) is 1.59. The molecule has 0 unspecified atom stereocenters. The number of furan rings is 1. The van der Waals surface area contributed by atoms with Crippen molar-refractivity contribution >= 4 is 15.9 Å². The van der Waals surface area contributed by atoms with Crippen LogP contribution in [0.25, 0.3) is 17.4 Å². The fourth-order valence-corrected chi connectivity index (χ4v) is 2.08. The molecule has 0 saturated carbocycles. The van der Waals surface area contributed by atoms with Crippen LogP contribution in [-0.4, -0.2) is 14.7 Å². The van der Waals surface area contributed by atoms with Crippen LogP contribution in [0.2, 0.25) is 0 Å². The topological polar surface area (TPSA) is 71.1 Å². The van der Waals surface area contributed by atoms with Crippen molar-refractivity contribution in [1.29, 1.82) is 5.26 Å². The zero-order valence-electron chi connectivity index (χ0n) is 10.5. The van der Waals surface area contributed by atoms with E-state index in [9.17, 15) is 12.8 Å². The van der Waals surface area contributed by atoms with E-state index in [1.807, 2.05) is 0 Å². The smallest absolute Gasteiger partial charge is 0.185 e. The van der Waals surface area contributed by atoms with Gasteiger partial charge in [-0.15, -0.1) is 0 Å². The van der Waals surface area contributed by atoms with Crippen LogP contribution in [0.4, 0.5) is 4.39 Å². The molecule has 0 bridgehead atoms. The predicted molar refractivity (Wildman–Crippen MR) is 72.5 cm³/mol. The number of nitriles is 1. The Hall–Kier alpha value is -2.39. The first-order chi connectivity index (χ1) is 9.41. The number of rotatable bonds is 3. The number of benzene rings is 1. The standard InChI is InChI=1S/C14H10FNO3S/c1-20(17,18)11(9-16)8-10-6-7-14(19-10)12-4-2-3-5-13(12)15/h2-8H,1H3. The second-order valence-electron chi connectivity index (χ2n) is 4.07. The average Bonchev–Trinajstić information content (AvgIpc) is 2.83. The maximum absolute atomic E-state index is 13.6. The van der Waals surface area contributed by atoms with Crippen LogP contribution in [0.3, 0.4) is 0 Å². The Bertz CT molecular complexity index is 813. The number of allylic oxidation sites excluding steroid dienone is 1. The third-order valence-electron chi connectivity index (χ3n) is 2.55. The molecule has 1 heterocycles. The lowest BCUT2D eigenvalue weighted by Gasteiger charge is -1.98. The van der Waals surface area contributed by atoms with Crippen molar-refractivity contribution < 1.29 is 17.2 Å². The SMILES string of the molecule is CS(=O)(=O)C(C#N)=Cc1ccc(-c2ccccc2F)o1. The summed E-state index contributed by atoms with van der Waals surface area (Å²) in [5, 5.41) is 8.79. The molecule has 0 spiro atoms. The molecule has 1 aromatic carbocycles. The van der Waals surface area contributed by atoms with Crippen molar-refractivity contribution in [3.63, 3.8) is 0 Å². The molecule has 0 N–H and O–H groups in total. The quantitative estimate of drug-likeness (QED) is 0.815. The van der Waals surface area contributed by atoms with Gasteiger partial charge in [0.15, 0.2) is 9.84 Å². The van der Waals surface area contributed by atoms with Crippen LogP contribution in [0.1, 0.15) is 5.76 Å². The first-order valence-corrected chi connectivity index (χ1v) is 7.47. The number of nitrogens with zero attached hydrogens (tertiary/aromatic N) is 1. The second-order valence-corrected chi connectivity index (χ2v) is 6.06. The van der Waals surface area contributed by atoms with E-state index in [0.29, 0.717) is 0 Å². The molecular weight excluding hydrogens is 281 g/mol. The van der Waals surface area contributed by atoms with E-state index >= 15 is 0 Å². The molecule has 1 aromatic heterocycles. The minimum atomic E-state index is -3.61. The Morgan fingerprint density at radius 3 is 2.60 bits per heavy atom. The van der Waals surface area contributed by atoms with Gasteiger partial charge in [0.2, 0.25) is 0 Å². The molecular formula is C14H10FNO3S. The van der Waals surface area contributed by atoms with E-state index in [-0.39, 0.29) is 17.1 Å². The van der Waals surface area contributed by atoms with E-state index in [0.717, 1.165) is 12.3 Å². The van der Waals surface area contributed by atoms with Crippen molar-refractivity contribution in [2.45, 2.75) is 0 Å². The van der Waals surface area contributed by atoms with E-state index in [4.69, 9.17) is 9.68 Å². The van der Waals surface area contributed by atoms with Gasteiger partial charge in [0.05, 0.1) is 5.56 Å². The minimum Gasteiger partial charge on any atom is -0.457 e. The predicted octanol–water partition coefficient (Wildman–Crippen LogP) is 2.99. The van der Waals surface area contributed by atoms with Crippen molar-refractivity contribution in [1.82, 2.24) is 0 Å². The van der Waals surface area contributed by atoms with Gasteiger partial charge in [-0.2, -0.15) is 5.26 Å². The Balaban J connectivity index is 2.43. The zero-order chi connectivity index (χ0) is 14.8. The van der Waals surface area contributed by atoms with Gasteiger partial charge in [-0.05, 0) is 24.3 Å². The van der Waals surface area contributed by atoms with E-state index in [1.54, 1.807) is 24.3 Å². The lowest BCUT2D eigenvalue weighted by atomic mass is 10.1. The third-order valence-corrected chi connectivity index (χ3v) is 3.56. The highest BCUT2D eigenvalue weighted by Crippen LogP contribution is 2.26. The number of sulfone groups is 1. The summed E-state index contributed by atoms with van der Waals surface area (Å²) in [5.41, 5.74) is 0.269. The van der Waals surface area contributed by atoms with Crippen LogP contribution in [0, 0.1) is 17.1 Å². The Labute approximate surface area is 115 Å². The summed E-state index contributed by atoms with van der Waals surface area (Å²) in [7, 11) is -3.61. The molecule has 0 aliphatic carbocycles. The minimum absolute atomic E-state index is 0.172. The van der Waals surface area contributed by atoms with Crippen LogP contribution in [0.5, 0.6) is 0 Å². The van der Waals surface area contributed by atoms with Crippen LogP contribution >= 0.6 is 0 Å². The van der Waals surface area contributed by atoms with E-state index < -0.39 is 20.6 Å². The zero-order valence-corrected chi connectivity index (χ0v) is 11.3. The lowest BCUT2D eigenvalue weighted by molar-refractivity contribution is 0.560. The molecule has 0 saturated heterocycles. The summed E-state index contributed by atoms with van der Waals surface area (Å²) in [6.07, 6.45) is 2.04. The Kier molecular flexibility index (Phi) is 3.72. The summed E-state index contributed by atoms with van der Waals surface area (Å²) >= 11 is 0. The van der Waals surface area contributed by atoms with E-state index in [2.05, 4.69) is 0 Å². The number of hydrogen-bond donors (Lipinski definition) is 0. The molecule has 20 heavy (non-hydrogen) atoms. The third kappa shape index (κ3) is 2.95. The van der Waals surface area contributed by atoms with Gasteiger partial charge in [-0.3, -0.25) is 0 Å². The molecule has 4 nitrogen and oxygen atoms in total. The highest BCUT2D eigenvalue weighted by molar-refractivity contribution is 7.95.